The lowest BCUT2D eigenvalue weighted by molar-refractivity contribution is 0.0361. The van der Waals surface area contributed by atoms with Gasteiger partial charge in [0.15, 0.2) is 11.0 Å². The zero-order valence-electron chi connectivity index (χ0n) is 16.2. The molecule has 0 N–H and O–H groups in total. The van der Waals surface area contributed by atoms with Crippen LogP contribution < -0.4 is 0 Å². The Kier molecular flexibility index (Phi) is 6.87. The lowest BCUT2D eigenvalue weighted by atomic mass is 10.2. The Bertz CT molecular complexity index is 897. The van der Waals surface area contributed by atoms with E-state index in [-0.39, 0.29) is 5.82 Å². The Morgan fingerprint density at radius 3 is 2.48 bits per heavy atom. The molecule has 4 rings (SSSR count). The summed E-state index contributed by atoms with van der Waals surface area (Å²) in [5, 5.41) is 9.75. The van der Waals surface area contributed by atoms with E-state index in [0.717, 1.165) is 68.1 Å². The van der Waals surface area contributed by atoms with Crippen LogP contribution in [0.15, 0.2) is 53.9 Å². The average Bonchev–Trinajstić information content (AvgIpc) is 3.17. The van der Waals surface area contributed by atoms with Gasteiger partial charge in [0.1, 0.15) is 5.82 Å². The Morgan fingerprint density at radius 1 is 0.966 bits per heavy atom. The summed E-state index contributed by atoms with van der Waals surface area (Å²) in [5.74, 6) is 1.44. The minimum atomic E-state index is -0.250. The molecule has 0 radical (unpaired) electrons. The number of aromatic nitrogens is 4. The number of hydrogen-bond acceptors (Lipinski definition) is 6. The number of benzene rings is 1. The van der Waals surface area contributed by atoms with E-state index in [4.69, 9.17) is 4.74 Å². The van der Waals surface area contributed by atoms with Crippen LogP contribution in [0.2, 0.25) is 0 Å². The van der Waals surface area contributed by atoms with E-state index in [0.29, 0.717) is 0 Å². The molecule has 1 aromatic carbocycles. The maximum absolute atomic E-state index is 13.4. The van der Waals surface area contributed by atoms with E-state index in [1.165, 1.54) is 17.7 Å². The first-order valence-electron chi connectivity index (χ1n) is 9.80. The number of hydrogen-bond donors (Lipinski definition) is 0. The normalized spacial score (nSPS) is 14.9. The number of halogens is 1. The summed E-state index contributed by atoms with van der Waals surface area (Å²) in [5.41, 5.74) is 2.13. The van der Waals surface area contributed by atoms with Crippen molar-refractivity contribution in [1.82, 2.24) is 24.6 Å². The first-order valence-corrected chi connectivity index (χ1v) is 10.8. The van der Waals surface area contributed by atoms with Crippen molar-refractivity contribution in [2.24, 2.45) is 0 Å². The van der Waals surface area contributed by atoms with E-state index < -0.39 is 0 Å². The van der Waals surface area contributed by atoms with Crippen LogP contribution >= 0.6 is 11.8 Å². The van der Waals surface area contributed by atoms with Gasteiger partial charge in [-0.2, -0.15) is 0 Å². The lowest BCUT2D eigenvalue weighted by Crippen LogP contribution is -2.38. The van der Waals surface area contributed by atoms with Crippen molar-refractivity contribution in [3.05, 3.63) is 60.2 Å². The predicted octanol–water partition coefficient (Wildman–Crippen LogP) is 3.15. The van der Waals surface area contributed by atoms with Gasteiger partial charge in [-0.15, -0.1) is 10.2 Å². The lowest BCUT2D eigenvalue weighted by Gasteiger charge is -2.27. The molecule has 0 spiro atoms. The van der Waals surface area contributed by atoms with Crippen LogP contribution in [0.1, 0.15) is 5.56 Å². The molecule has 1 fully saturated rings. The fourth-order valence-corrected chi connectivity index (χ4v) is 4.24. The summed E-state index contributed by atoms with van der Waals surface area (Å²) in [7, 11) is 0. The fourth-order valence-electron chi connectivity index (χ4n) is 3.29. The van der Waals surface area contributed by atoms with Crippen LogP contribution in [0.25, 0.3) is 11.4 Å². The molecule has 0 unspecified atom stereocenters. The van der Waals surface area contributed by atoms with Crippen LogP contribution in [0, 0.1) is 5.82 Å². The first-order chi connectivity index (χ1) is 14.3. The molecule has 6 nitrogen and oxygen atoms in total. The van der Waals surface area contributed by atoms with Gasteiger partial charge in [0, 0.05) is 49.9 Å². The highest BCUT2D eigenvalue weighted by Gasteiger charge is 2.17. The highest BCUT2D eigenvalue weighted by molar-refractivity contribution is 7.99. The Hall–Kier alpha value is -2.29. The third-order valence-electron chi connectivity index (χ3n) is 4.93. The molecule has 3 heterocycles. The molecule has 8 heteroatoms. The second-order valence-electron chi connectivity index (χ2n) is 6.87. The quantitative estimate of drug-likeness (QED) is 0.529. The van der Waals surface area contributed by atoms with Crippen molar-refractivity contribution in [2.75, 3.05) is 38.6 Å². The van der Waals surface area contributed by atoms with E-state index in [2.05, 4.69) is 24.6 Å². The molecular formula is C21H24FN5OS. The predicted molar refractivity (Wildman–Crippen MR) is 111 cm³/mol. The van der Waals surface area contributed by atoms with Gasteiger partial charge in [-0.1, -0.05) is 11.8 Å². The van der Waals surface area contributed by atoms with Crippen LogP contribution in [0.5, 0.6) is 0 Å². The highest BCUT2D eigenvalue weighted by Crippen LogP contribution is 2.25. The molecular weight excluding hydrogens is 389 g/mol. The minimum absolute atomic E-state index is 0.250. The summed E-state index contributed by atoms with van der Waals surface area (Å²) in [6, 6.07) is 10.5. The zero-order chi connectivity index (χ0) is 19.9. The molecule has 0 amide bonds. The largest absolute Gasteiger partial charge is 0.379 e. The molecule has 152 valence electrons. The summed E-state index contributed by atoms with van der Waals surface area (Å²) in [4.78, 5) is 6.46. The molecule has 1 saturated heterocycles. The van der Waals surface area contributed by atoms with Crippen molar-refractivity contribution in [2.45, 2.75) is 18.1 Å². The van der Waals surface area contributed by atoms with E-state index in [9.17, 15) is 4.39 Å². The Morgan fingerprint density at radius 2 is 1.72 bits per heavy atom. The third-order valence-corrected chi connectivity index (χ3v) is 5.90. The molecule has 1 aliphatic rings. The van der Waals surface area contributed by atoms with Crippen molar-refractivity contribution < 1.29 is 9.13 Å². The second-order valence-corrected chi connectivity index (χ2v) is 7.93. The molecule has 2 aromatic heterocycles. The third kappa shape index (κ3) is 5.41. The van der Waals surface area contributed by atoms with Crippen LogP contribution in [0.4, 0.5) is 4.39 Å². The van der Waals surface area contributed by atoms with E-state index in [1.807, 2.05) is 24.5 Å². The van der Waals surface area contributed by atoms with Crippen molar-refractivity contribution in [1.29, 1.82) is 0 Å². The number of aryl methyl sites for hydroxylation is 1. The molecule has 1 aliphatic heterocycles. The summed E-state index contributed by atoms with van der Waals surface area (Å²) in [6.45, 7) is 5.14. The van der Waals surface area contributed by atoms with Crippen LogP contribution in [-0.4, -0.2) is 63.2 Å². The van der Waals surface area contributed by atoms with Gasteiger partial charge in [-0.05, 0) is 48.4 Å². The smallest absolute Gasteiger partial charge is 0.191 e. The van der Waals surface area contributed by atoms with E-state index >= 15 is 0 Å². The summed E-state index contributed by atoms with van der Waals surface area (Å²) in [6.07, 6.45) is 4.57. The van der Waals surface area contributed by atoms with Crippen LogP contribution in [0.3, 0.4) is 0 Å². The first kappa shape index (κ1) is 20.0. The number of morpholine rings is 1. The monoisotopic (exact) mass is 413 g/mol. The molecule has 0 aliphatic carbocycles. The molecule has 0 bridgehead atoms. The molecule has 3 aromatic rings. The Labute approximate surface area is 174 Å². The van der Waals surface area contributed by atoms with Gasteiger partial charge in [0.2, 0.25) is 0 Å². The van der Waals surface area contributed by atoms with Crippen molar-refractivity contribution in [3.63, 3.8) is 0 Å². The number of rotatable bonds is 8. The zero-order valence-corrected chi connectivity index (χ0v) is 17.0. The number of nitrogens with zero attached hydrogens (tertiary/aromatic N) is 5. The van der Waals surface area contributed by atoms with Crippen LogP contribution in [-0.2, 0) is 17.7 Å². The average molecular weight is 414 g/mol. The molecule has 0 saturated carbocycles. The SMILES string of the molecule is Fc1ccc(-c2nnc(SCCc3ccncc3)n2CCN2CCOCC2)cc1. The highest BCUT2D eigenvalue weighted by atomic mass is 32.2. The number of pyridine rings is 1. The fraction of sp³-hybridized carbons (Fsp3) is 0.381. The summed E-state index contributed by atoms with van der Waals surface area (Å²) < 4.78 is 21.0. The number of thioether (sulfide) groups is 1. The van der Waals surface area contributed by atoms with Crippen molar-refractivity contribution in [3.8, 4) is 11.4 Å². The molecule has 0 atom stereocenters. The van der Waals surface area contributed by atoms with Gasteiger partial charge in [-0.25, -0.2) is 4.39 Å². The van der Waals surface area contributed by atoms with Gasteiger partial charge >= 0.3 is 0 Å². The van der Waals surface area contributed by atoms with Gasteiger partial charge < -0.3 is 9.30 Å². The maximum atomic E-state index is 13.4. The maximum Gasteiger partial charge on any atom is 0.191 e. The topological polar surface area (TPSA) is 56.1 Å². The standard InChI is InChI=1S/C21H24FN5OS/c22-19-3-1-18(2-4-19)20-24-25-21(29-16-7-17-5-8-23-9-6-17)27(20)11-10-26-12-14-28-15-13-26/h1-6,8-9H,7,10-16H2. The van der Waals surface area contributed by atoms with E-state index in [1.54, 1.807) is 23.9 Å². The Balaban J connectivity index is 1.49. The van der Waals surface area contributed by atoms with Gasteiger partial charge in [-0.3, -0.25) is 9.88 Å². The van der Waals surface area contributed by atoms with Gasteiger partial charge in [0.05, 0.1) is 13.2 Å². The second kappa shape index (κ2) is 9.96. The number of ether oxygens (including phenoxy) is 1. The van der Waals surface area contributed by atoms with Gasteiger partial charge in [0.25, 0.3) is 0 Å². The minimum Gasteiger partial charge on any atom is -0.379 e. The summed E-state index contributed by atoms with van der Waals surface area (Å²) >= 11 is 1.70. The molecule has 29 heavy (non-hydrogen) atoms. The van der Waals surface area contributed by atoms with Crippen molar-refractivity contribution >= 4 is 11.8 Å².